The van der Waals surface area contributed by atoms with E-state index in [1.807, 2.05) is 25.1 Å². The number of hydrogen-bond acceptors (Lipinski definition) is 7. The Hall–Kier alpha value is -2.94. The minimum absolute atomic E-state index is 0.182. The highest BCUT2D eigenvalue weighted by Crippen LogP contribution is 2.34. The normalized spacial score (nSPS) is 14.6. The first-order chi connectivity index (χ1) is 17.0. The van der Waals surface area contributed by atoms with Crippen LogP contribution in [0.2, 0.25) is 0 Å². The van der Waals surface area contributed by atoms with E-state index in [0.29, 0.717) is 35.4 Å². The molecule has 4 aromatic rings. The smallest absolute Gasteiger partial charge is 0.295 e. The van der Waals surface area contributed by atoms with Crippen LogP contribution < -0.4 is 9.64 Å². The second kappa shape index (κ2) is 10.4. The molecule has 0 atom stereocenters. The number of para-hydroxylation sites is 1. The Labute approximate surface area is 209 Å². The lowest BCUT2D eigenvalue weighted by atomic mass is 10.1. The van der Waals surface area contributed by atoms with Gasteiger partial charge in [0.25, 0.3) is 5.91 Å². The van der Waals surface area contributed by atoms with Crippen LogP contribution in [0.4, 0.5) is 5.13 Å². The largest absolute Gasteiger partial charge is 0.490 e. The van der Waals surface area contributed by atoms with Gasteiger partial charge in [0.1, 0.15) is 0 Å². The maximum absolute atomic E-state index is 13.8. The lowest BCUT2D eigenvalue weighted by molar-refractivity contribution is 0.0376. The molecule has 3 heterocycles. The van der Waals surface area contributed by atoms with Gasteiger partial charge in [0.15, 0.2) is 22.2 Å². The van der Waals surface area contributed by atoms with E-state index in [4.69, 9.17) is 18.9 Å². The topological polar surface area (TPSA) is 68.0 Å². The van der Waals surface area contributed by atoms with Crippen molar-refractivity contribution >= 4 is 43.6 Å². The Kier molecular flexibility index (Phi) is 7.04. The fraction of sp³-hybridized carbons (Fsp3) is 0.407. The van der Waals surface area contributed by atoms with Crippen molar-refractivity contribution in [2.24, 2.45) is 0 Å². The quantitative estimate of drug-likeness (QED) is 0.326. The molecule has 0 N–H and O–H groups in total. The molecule has 1 aliphatic heterocycles. The predicted octanol–water partition coefficient (Wildman–Crippen LogP) is 5.43. The lowest BCUT2D eigenvalue weighted by Crippen LogP contribution is -2.39. The van der Waals surface area contributed by atoms with E-state index in [1.165, 1.54) is 11.1 Å². The Morgan fingerprint density at radius 3 is 2.77 bits per heavy atom. The third-order valence-corrected chi connectivity index (χ3v) is 7.49. The van der Waals surface area contributed by atoms with E-state index in [-0.39, 0.29) is 5.91 Å². The summed E-state index contributed by atoms with van der Waals surface area (Å²) in [5, 5.41) is 1.55. The van der Waals surface area contributed by atoms with Gasteiger partial charge in [0.05, 0.1) is 30.0 Å². The molecule has 5 rings (SSSR count). The molecular weight excluding hydrogens is 462 g/mol. The van der Waals surface area contributed by atoms with Gasteiger partial charge in [-0.05, 0) is 62.6 Å². The summed E-state index contributed by atoms with van der Waals surface area (Å²) >= 11 is 1.55. The van der Waals surface area contributed by atoms with Crippen molar-refractivity contribution in [3.8, 4) is 5.75 Å². The van der Waals surface area contributed by atoms with Crippen molar-refractivity contribution in [1.29, 1.82) is 0 Å². The summed E-state index contributed by atoms with van der Waals surface area (Å²) < 4.78 is 18.3. The number of benzene rings is 2. The molecule has 35 heavy (non-hydrogen) atoms. The third-order valence-electron chi connectivity index (χ3n) is 6.45. The van der Waals surface area contributed by atoms with Gasteiger partial charge in [0, 0.05) is 31.6 Å². The average molecular weight is 494 g/mol. The third kappa shape index (κ3) is 5.05. The predicted molar refractivity (Wildman–Crippen MR) is 140 cm³/mol. The van der Waals surface area contributed by atoms with Crippen LogP contribution in [-0.2, 0) is 4.74 Å². The fourth-order valence-corrected chi connectivity index (χ4v) is 5.46. The molecule has 0 spiro atoms. The number of aryl methyl sites for hydroxylation is 2. The molecule has 0 saturated carbocycles. The van der Waals surface area contributed by atoms with Crippen molar-refractivity contribution in [1.82, 2.24) is 9.88 Å². The number of hydrogen-bond donors (Lipinski definition) is 0. The molecule has 0 aliphatic carbocycles. The number of amides is 1. The SMILES string of the molecule is CCOc1cccc2cc(C(=O)N(CCCN3CCOCC3)c3nc4cc(C)c(C)cc4s3)oc12. The van der Waals surface area contributed by atoms with Crippen molar-refractivity contribution in [3.63, 3.8) is 0 Å². The van der Waals surface area contributed by atoms with E-state index < -0.39 is 0 Å². The van der Waals surface area contributed by atoms with Crippen LogP contribution in [0, 0.1) is 13.8 Å². The van der Waals surface area contributed by atoms with E-state index in [2.05, 4.69) is 30.9 Å². The Bertz CT molecular complexity index is 1300. The highest BCUT2D eigenvalue weighted by molar-refractivity contribution is 7.22. The van der Waals surface area contributed by atoms with E-state index in [0.717, 1.165) is 54.9 Å². The zero-order valence-corrected chi connectivity index (χ0v) is 21.3. The highest BCUT2D eigenvalue weighted by atomic mass is 32.1. The number of carbonyl (C=O) groups excluding carboxylic acids is 1. The summed E-state index contributed by atoms with van der Waals surface area (Å²) in [6.07, 6.45) is 0.837. The molecule has 0 radical (unpaired) electrons. The monoisotopic (exact) mass is 493 g/mol. The van der Waals surface area contributed by atoms with Crippen molar-refractivity contribution in [2.75, 3.05) is 50.9 Å². The second-order valence-electron chi connectivity index (χ2n) is 8.88. The van der Waals surface area contributed by atoms with Crippen LogP contribution in [0.15, 0.2) is 40.8 Å². The lowest BCUT2D eigenvalue weighted by Gasteiger charge is -2.27. The first-order valence-electron chi connectivity index (χ1n) is 12.2. The number of fused-ring (bicyclic) bond motifs is 2. The molecule has 1 saturated heterocycles. The zero-order chi connectivity index (χ0) is 24.4. The number of carbonyl (C=O) groups is 1. The van der Waals surface area contributed by atoms with Gasteiger partial charge in [-0.15, -0.1) is 0 Å². The van der Waals surface area contributed by atoms with Crippen LogP contribution in [0.5, 0.6) is 5.75 Å². The summed E-state index contributed by atoms with van der Waals surface area (Å²) in [5.74, 6) is 0.761. The highest BCUT2D eigenvalue weighted by Gasteiger charge is 2.25. The van der Waals surface area contributed by atoms with Gasteiger partial charge in [0.2, 0.25) is 0 Å². The number of aromatic nitrogens is 1. The molecule has 1 aliphatic rings. The molecule has 0 unspecified atom stereocenters. The molecular formula is C27H31N3O4S. The Morgan fingerprint density at radius 2 is 1.97 bits per heavy atom. The van der Waals surface area contributed by atoms with Gasteiger partial charge < -0.3 is 13.9 Å². The zero-order valence-electron chi connectivity index (χ0n) is 20.5. The number of ether oxygens (including phenoxy) is 2. The summed E-state index contributed by atoms with van der Waals surface area (Å²) in [5.41, 5.74) is 3.93. The van der Waals surface area contributed by atoms with Gasteiger partial charge in [-0.25, -0.2) is 4.98 Å². The van der Waals surface area contributed by atoms with Gasteiger partial charge >= 0.3 is 0 Å². The van der Waals surface area contributed by atoms with E-state index in [9.17, 15) is 4.79 Å². The molecule has 7 nitrogen and oxygen atoms in total. The maximum atomic E-state index is 13.8. The van der Waals surface area contributed by atoms with Crippen LogP contribution in [0.3, 0.4) is 0 Å². The average Bonchev–Trinajstić information content (AvgIpc) is 3.47. The van der Waals surface area contributed by atoms with Crippen molar-refractivity contribution < 1.29 is 18.7 Å². The first kappa shape index (κ1) is 23.8. The van der Waals surface area contributed by atoms with Gasteiger partial charge in [-0.1, -0.05) is 23.5 Å². The number of anilines is 1. The number of thiazole rings is 1. The van der Waals surface area contributed by atoms with Crippen LogP contribution in [-0.4, -0.2) is 61.8 Å². The van der Waals surface area contributed by atoms with Crippen LogP contribution in [0.25, 0.3) is 21.2 Å². The molecule has 1 amide bonds. The van der Waals surface area contributed by atoms with Crippen LogP contribution in [0.1, 0.15) is 35.0 Å². The molecule has 0 bridgehead atoms. The standard InChI is InChI=1S/C27H31N3O4S/c1-4-33-22-8-5-7-20-17-23(34-25(20)22)26(31)30(10-6-9-29-11-13-32-14-12-29)27-28-21-15-18(2)19(3)16-24(21)35-27/h5,7-8,15-17H,4,6,9-14H2,1-3H3. The molecule has 2 aromatic heterocycles. The molecule has 1 fully saturated rings. The van der Waals surface area contributed by atoms with Gasteiger partial charge in [-0.3, -0.25) is 14.6 Å². The molecule has 184 valence electrons. The first-order valence-corrected chi connectivity index (χ1v) is 13.0. The summed E-state index contributed by atoms with van der Waals surface area (Å²) in [4.78, 5) is 22.8. The summed E-state index contributed by atoms with van der Waals surface area (Å²) in [6.45, 7) is 11.5. The van der Waals surface area contributed by atoms with Crippen LogP contribution >= 0.6 is 11.3 Å². The number of morpholine rings is 1. The Morgan fingerprint density at radius 1 is 1.17 bits per heavy atom. The van der Waals surface area contributed by atoms with E-state index in [1.54, 1.807) is 22.3 Å². The number of furan rings is 1. The maximum Gasteiger partial charge on any atom is 0.295 e. The fourth-order valence-electron chi connectivity index (χ4n) is 4.39. The van der Waals surface area contributed by atoms with E-state index >= 15 is 0 Å². The molecule has 8 heteroatoms. The Balaban J connectivity index is 1.46. The van der Waals surface area contributed by atoms with Crippen molar-refractivity contribution in [3.05, 3.63) is 53.3 Å². The van der Waals surface area contributed by atoms with Crippen molar-refractivity contribution in [2.45, 2.75) is 27.2 Å². The molecule has 2 aromatic carbocycles. The number of nitrogens with zero attached hydrogens (tertiary/aromatic N) is 3. The minimum atomic E-state index is -0.182. The summed E-state index contributed by atoms with van der Waals surface area (Å²) in [7, 11) is 0. The summed E-state index contributed by atoms with van der Waals surface area (Å²) in [6, 6.07) is 11.8. The second-order valence-corrected chi connectivity index (χ2v) is 9.89. The number of rotatable bonds is 8. The minimum Gasteiger partial charge on any atom is -0.490 e. The van der Waals surface area contributed by atoms with Gasteiger partial charge in [-0.2, -0.15) is 0 Å².